The molecule has 3 nitrogen and oxygen atoms in total. The maximum Gasteiger partial charge on any atom is 0.224 e. The van der Waals surface area contributed by atoms with Gasteiger partial charge in [0.15, 0.2) is 0 Å². The standard InChI is InChI=1S/C13H17ClFNO2/c1-18-9-12(6-7-14)16-13(17)8-10-2-4-11(15)5-3-10/h2-5,12H,6-9H2,1H3,(H,16,17). The Labute approximate surface area is 111 Å². The molecule has 18 heavy (non-hydrogen) atoms. The van der Waals surface area contributed by atoms with Crippen LogP contribution in [0.2, 0.25) is 0 Å². The van der Waals surface area contributed by atoms with Crippen LogP contribution in [0.25, 0.3) is 0 Å². The van der Waals surface area contributed by atoms with Crippen LogP contribution in [0.15, 0.2) is 24.3 Å². The zero-order valence-electron chi connectivity index (χ0n) is 10.3. The van der Waals surface area contributed by atoms with E-state index in [1.54, 1.807) is 19.2 Å². The van der Waals surface area contributed by atoms with E-state index < -0.39 is 0 Å². The van der Waals surface area contributed by atoms with E-state index in [2.05, 4.69) is 5.32 Å². The molecule has 0 bridgehead atoms. The summed E-state index contributed by atoms with van der Waals surface area (Å²) in [6.45, 7) is 0.432. The molecule has 1 amide bonds. The Bertz CT molecular complexity index is 364. The molecule has 0 fully saturated rings. The molecule has 0 aliphatic carbocycles. The number of amides is 1. The van der Waals surface area contributed by atoms with E-state index in [0.29, 0.717) is 18.9 Å². The maximum atomic E-state index is 12.7. The van der Waals surface area contributed by atoms with Gasteiger partial charge in [0, 0.05) is 13.0 Å². The number of methoxy groups -OCH3 is 1. The third-order valence-electron chi connectivity index (χ3n) is 2.47. The summed E-state index contributed by atoms with van der Waals surface area (Å²) in [7, 11) is 1.58. The van der Waals surface area contributed by atoms with Gasteiger partial charge in [-0.15, -0.1) is 11.6 Å². The van der Waals surface area contributed by atoms with Gasteiger partial charge in [0.25, 0.3) is 0 Å². The molecular weight excluding hydrogens is 257 g/mol. The van der Waals surface area contributed by atoms with Gasteiger partial charge in [0.1, 0.15) is 5.82 Å². The average Bonchev–Trinajstić information content (AvgIpc) is 2.33. The van der Waals surface area contributed by atoms with Crippen LogP contribution in [0.1, 0.15) is 12.0 Å². The number of carbonyl (C=O) groups is 1. The molecule has 1 N–H and O–H groups in total. The van der Waals surface area contributed by atoms with Crippen molar-refractivity contribution in [1.29, 1.82) is 0 Å². The Balaban J connectivity index is 2.46. The number of alkyl halides is 1. The number of hydrogen-bond acceptors (Lipinski definition) is 2. The highest BCUT2D eigenvalue weighted by atomic mass is 35.5. The van der Waals surface area contributed by atoms with Crippen molar-refractivity contribution in [1.82, 2.24) is 5.32 Å². The smallest absolute Gasteiger partial charge is 0.224 e. The highest BCUT2D eigenvalue weighted by Gasteiger charge is 2.12. The molecule has 0 saturated heterocycles. The van der Waals surface area contributed by atoms with Crippen LogP contribution in [0.5, 0.6) is 0 Å². The predicted octanol–water partition coefficient (Wildman–Crippen LogP) is 2.13. The molecule has 5 heteroatoms. The summed E-state index contributed by atoms with van der Waals surface area (Å²) in [5.41, 5.74) is 0.774. The van der Waals surface area contributed by atoms with Gasteiger partial charge in [0.2, 0.25) is 5.91 Å². The van der Waals surface area contributed by atoms with E-state index in [1.165, 1.54) is 12.1 Å². The first-order chi connectivity index (χ1) is 8.65. The maximum absolute atomic E-state index is 12.7. The van der Waals surface area contributed by atoms with E-state index in [4.69, 9.17) is 16.3 Å². The Morgan fingerprint density at radius 2 is 2.11 bits per heavy atom. The molecule has 0 heterocycles. The summed E-state index contributed by atoms with van der Waals surface area (Å²) >= 11 is 5.64. The molecule has 1 aromatic rings. The Kier molecular flexibility index (Phi) is 6.68. The van der Waals surface area contributed by atoms with Gasteiger partial charge in [0.05, 0.1) is 19.1 Å². The summed E-state index contributed by atoms with van der Waals surface area (Å²) in [5, 5.41) is 2.84. The first-order valence-electron chi connectivity index (χ1n) is 5.74. The molecule has 1 atom stereocenters. The average molecular weight is 274 g/mol. The molecule has 0 aliphatic heterocycles. The number of benzene rings is 1. The topological polar surface area (TPSA) is 38.3 Å². The number of hydrogen-bond donors (Lipinski definition) is 1. The Morgan fingerprint density at radius 3 is 2.67 bits per heavy atom. The lowest BCUT2D eigenvalue weighted by atomic mass is 10.1. The molecular formula is C13H17ClFNO2. The Morgan fingerprint density at radius 1 is 1.44 bits per heavy atom. The molecule has 0 spiro atoms. The molecule has 0 saturated carbocycles. The van der Waals surface area contributed by atoms with Crippen molar-refractivity contribution < 1.29 is 13.9 Å². The van der Waals surface area contributed by atoms with Crippen LogP contribution >= 0.6 is 11.6 Å². The van der Waals surface area contributed by atoms with E-state index in [-0.39, 0.29) is 24.2 Å². The van der Waals surface area contributed by atoms with Crippen molar-refractivity contribution in [3.63, 3.8) is 0 Å². The van der Waals surface area contributed by atoms with Crippen LogP contribution in [0.3, 0.4) is 0 Å². The van der Waals surface area contributed by atoms with Crippen molar-refractivity contribution >= 4 is 17.5 Å². The van der Waals surface area contributed by atoms with Crippen molar-refractivity contribution in [3.05, 3.63) is 35.6 Å². The summed E-state index contributed by atoms with van der Waals surface area (Å²) in [6.07, 6.45) is 0.882. The highest BCUT2D eigenvalue weighted by Crippen LogP contribution is 2.04. The third kappa shape index (κ3) is 5.47. The summed E-state index contributed by atoms with van der Waals surface area (Å²) in [4.78, 5) is 11.8. The van der Waals surface area contributed by atoms with Gasteiger partial charge in [-0.1, -0.05) is 12.1 Å². The van der Waals surface area contributed by atoms with E-state index in [1.807, 2.05) is 0 Å². The van der Waals surface area contributed by atoms with E-state index >= 15 is 0 Å². The van der Waals surface area contributed by atoms with Crippen LogP contribution in [0, 0.1) is 5.82 Å². The first kappa shape index (κ1) is 14.9. The van der Waals surface area contributed by atoms with E-state index in [0.717, 1.165) is 5.56 Å². The van der Waals surface area contributed by atoms with Gasteiger partial charge in [-0.3, -0.25) is 4.79 Å². The second-order valence-electron chi connectivity index (χ2n) is 4.00. The minimum absolute atomic E-state index is 0.0829. The van der Waals surface area contributed by atoms with Gasteiger partial charge in [-0.05, 0) is 24.1 Å². The fourth-order valence-electron chi connectivity index (χ4n) is 1.60. The van der Waals surface area contributed by atoms with E-state index in [9.17, 15) is 9.18 Å². The minimum atomic E-state index is -0.307. The van der Waals surface area contributed by atoms with Gasteiger partial charge >= 0.3 is 0 Å². The van der Waals surface area contributed by atoms with Crippen LogP contribution in [-0.2, 0) is 16.0 Å². The highest BCUT2D eigenvalue weighted by molar-refractivity contribution is 6.17. The number of nitrogens with one attached hydrogen (secondary N) is 1. The van der Waals surface area contributed by atoms with Crippen LogP contribution in [-0.4, -0.2) is 31.5 Å². The normalized spacial score (nSPS) is 12.2. The quantitative estimate of drug-likeness (QED) is 0.773. The van der Waals surface area contributed by atoms with Gasteiger partial charge < -0.3 is 10.1 Å². The van der Waals surface area contributed by atoms with Crippen molar-refractivity contribution in [3.8, 4) is 0 Å². The number of halogens is 2. The lowest BCUT2D eigenvalue weighted by molar-refractivity contribution is -0.121. The molecule has 1 rings (SSSR count). The second kappa shape index (κ2) is 8.06. The lowest BCUT2D eigenvalue weighted by Crippen LogP contribution is -2.39. The summed E-state index contributed by atoms with van der Waals surface area (Å²) in [6, 6.07) is 5.80. The number of rotatable bonds is 7. The van der Waals surface area contributed by atoms with Crippen LogP contribution < -0.4 is 5.32 Å². The monoisotopic (exact) mass is 273 g/mol. The van der Waals surface area contributed by atoms with Crippen LogP contribution in [0.4, 0.5) is 4.39 Å². The molecule has 0 aliphatic rings. The first-order valence-corrected chi connectivity index (χ1v) is 6.28. The largest absolute Gasteiger partial charge is 0.383 e. The fraction of sp³-hybridized carbons (Fsp3) is 0.462. The van der Waals surface area contributed by atoms with Crippen molar-refractivity contribution in [2.75, 3.05) is 19.6 Å². The molecule has 100 valence electrons. The zero-order chi connectivity index (χ0) is 13.4. The SMILES string of the molecule is COCC(CCCl)NC(=O)Cc1ccc(F)cc1. The van der Waals surface area contributed by atoms with Crippen molar-refractivity contribution in [2.45, 2.75) is 18.9 Å². The third-order valence-corrected chi connectivity index (χ3v) is 2.69. The molecule has 1 aromatic carbocycles. The van der Waals surface area contributed by atoms with Crippen molar-refractivity contribution in [2.24, 2.45) is 0 Å². The van der Waals surface area contributed by atoms with Gasteiger partial charge in [-0.2, -0.15) is 0 Å². The lowest BCUT2D eigenvalue weighted by Gasteiger charge is -2.16. The predicted molar refractivity (Wildman–Crippen MR) is 69.2 cm³/mol. The Hall–Kier alpha value is -1.13. The molecule has 1 unspecified atom stereocenters. The minimum Gasteiger partial charge on any atom is -0.383 e. The summed E-state index contributed by atoms with van der Waals surface area (Å²) < 4.78 is 17.7. The van der Waals surface area contributed by atoms with Gasteiger partial charge in [-0.25, -0.2) is 4.39 Å². The zero-order valence-corrected chi connectivity index (χ0v) is 11.0. The summed E-state index contributed by atoms with van der Waals surface area (Å²) in [5.74, 6) is 0.0394. The molecule has 0 aromatic heterocycles. The number of ether oxygens (including phenoxy) is 1. The molecule has 0 radical (unpaired) electrons. The fourth-order valence-corrected chi connectivity index (χ4v) is 1.86. The number of carbonyl (C=O) groups excluding carboxylic acids is 1. The second-order valence-corrected chi connectivity index (χ2v) is 4.38.